The van der Waals surface area contributed by atoms with E-state index >= 15 is 0 Å². The molecule has 0 saturated heterocycles. The Hall–Kier alpha value is -3.65. The van der Waals surface area contributed by atoms with Gasteiger partial charge in [0.05, 0.1) is 10.6 Å². The van der Waals surface area contributed by atoms with Gasteiger partial charge in [0, 0.05) is 13.1 Å². The van der Waals surface area contributed by atoms with E-state index in [1.54, 1.807) is 37.3 Å². The molecule has 8 heteroatoms. The van der Waals surface area contributed by atoms with Crippen molar-refractivity contribution in [2.45, 2.75) is 45.2 Å². The van der Waals surface area contributed by atoms with Crippen LogP contribution in [0.25, 0.3) is 0 Å². The van der Waals surface area contributed by atoms with Gasteiger partial charge in [0.15, 0.2) is 0 Å². The number of sulfonamides is 1. The number of likely N-dealkylation sites (N-methyl/N-ethyl adjacent to an activating group) is 1. The van der Waals surface area contributed by atoms with Gasteiger partial charge in [-0.1, -0.05) is 54.6 Å². The standard InChI is InChI=1S/C28H33N3O4S/c1-5-29-28(33)23(4)30(19-24-12-8-6-9-13-24)27(32)20-31(25-17-21(2)16-22(3)18-25)36(34,35)26-14-10-7-11-15-26/h6-18,23H,5,19-20H2,1-4H3,(H,29,33)/t23-/m1/s1. The quantitative estimate of drug-likeness (QED) is 0.449. The van der Waals surface area contributed by atoms with Gasteiger partial charge in [-0.25, -0.2) is 8.42 Å². The minimum Gasteiger partial charge on any atom is -0.355 e. The number of rotatable bonds is 10. The normalized spacial score (nSPS) is 12.0. The van der Waals surface area contributed by atoms with Crippen LogP contribution in [0.1, 0.15) is 30.5 Å². The zero-order chi connectivity index (χ0) is 26.3. The van der Waals surface area contributed by atoms with Crippen LogP contribution in [0.4, 0.5) is 5.69 Å². The minimum atomic E-state index is -4.06. The number of hydrogen-bond donors (Lipinski definition) is 1. The van der Waals surface area contributed by atoms with Crippen LogP contribution in [0, 0.1) is 13.8 Å². The molecule has 7 nitrogen and oxygen atoms in total. The summed E-state index contributed by atoms with van der Waals surface area (Å²) >= 11 is 0. The Morgan fingerprint density at radius 3 is 2.00 bits per heavy atom. The van der Waals surface area contributed by atoms with Crippen LogP contribution >= 0.6 is 0 Å². The SMILES string of the molecule is CCNC(=O)[C@@H](C)N(Cc1ccccc1)C(=O)CN(c1cc(C)cc(C)c1)S(=O)(=O)c1ccccc1. The zero-order valence-corrected chi connectivity index (χ0v) is 22.0. The van der Waals surface area contributed by atoms with E-state index in [0.29, 0.717) is 12.2 Å². The van der Waals surface area contributed by atoms with Gasteiger partial charge in [0.2, 0.25) is 11.8 Å². The molecule has 0 saturated carbocycles. The molecule has 1 N–H and O–H groups in total. The Kier molecular flexibility index (Phi) is 8.88. The summed E-state index contributed by atoms with van der Waals surface area (Å²) in [7, 11) is -4.06. The third kappa shape index (κ3) is 6.51. The molecule has 190 valence electrons. The number of hydrogen-bond acceptors (Lipinski definition) is 4. The first kappa shape index (κ1) is 26.9. The first-order chi connectivity index (χ1) is 17.1. The van der Waals surface area contributed by atoms with Crippen molar-refractivity contribution < 1.29 is 18.0 Å². The highest BCUT2D eigenvalue weighted by atomic mass is 32.2. The zero-order valence-electron chi connectivity index (χ0n) is 21.1. The average molecular weight is 508 g/mol. The molecule has 0 fully saturated rings. The molecule has 2 amide bonds. The molecule has 1 atom stereocenters. The van der Waals surface area contributed by atoms with E-state index in [1.165, 1.54) is 17.0 Å². The van der Waals surface area contributed by atoms with Crippen LogP contribution in [0.2, 0.25) is 0 Å². The molecular weight excluding hydrogens is 474 g/mol. The monoisotopic (exact) mass is 507 g/mol. The number of nitrogens with one attached hydrogen (secondary N) is 1. The summed E-state index contributed by atoms with van der Waals surface area (Å²) in [5.41, 5.74) is 2.99. The topological polar surface area (TPSA) is 86.8 Å². The first-order valence-electron chi connectivity index (χ1n) is 11.9. The van der Waals surface area contributed by atoms with Gasteiger partial charge in [-0.2, -0.15) is 0 Å². The van der Waals surface area contributed by atoms with Gasteiger partial charge < -0.3 is 10.2 Å². The van der Waals surface area contributed by atoms with Crippen molar-refractivity contribution >= 4 is 27.5 Å². The Balaban J connectivity index is 2.04. The van der Waals surface area contributed by atoms with Gasteiger partial charge in [-0.05, 0) is 68.7 Å². The fraction of sp³-hybridized carbons (Fsp3) is 0.286. The lowest BCUT2D eigenvalue weighted by molar-refractivity contribution is -0.139. The molecule has 0 spiro atoms. The van der Waals surface area contributed by atoms with E-state index in [2.05, 4.69) is 5.32 Å². The summed E-state index contributed by atoms with van der Waals surface area (Å²) in [6.07, 6.45) is 0. The Morgan fingerprint density at radius 1 is 0.889 bits per heavy atom. The van der Waals surface area contributed by atoms with Crippen LogP contribution in [-0.2, 0) is 26.2 Å². The van der Waals surface area contributed by atoms with Crippen molar-refractivity contribution in [2.75, 3.05) is 17.4 Å². The highest BCUT2D eigenvalue weighted by molar-refractivity contribution is 7.92. The van der Waals surface area contributed by atoms with Crippen molar-refractivity contribution in [3.8, 4) is 0 Å². The average Bonchev–Trinajstić information content (AvgIpc) is 2.86. The molecule has 36 heavy (non-hydrogen) atoms. The molecule has 0 aliphatic carbocycles. The lowest BCUT2D eigenvalue weighted by Crippen LogP contribution is -2.51. The smallest absolute Gasteiger partial charge is 0.264 e. The third-order valence-electron chi connectivity index (χ3n) is 5.82. The van der Waals surface area contributed by atoms with E-state index in [1.807, 2.05) is 57.2 Å². The molecule has 0 heterocycles. The van der Waals surface area contributed by atoms with E-state index in [4.69, 9.17) is 0 Å². The molecule has 3 aromatic carbocycles. The van der Waals surface area contributed by atoms with Crippen molar-refractivity contribution in [2.24, 2.45) is 0 Å². The molecule has 3 aromatic rings. The second kappa shape index (κ2) is 11.9. The van der Waals surface area contributed by atoms with E-state index in [-0.39, 0.29) is 17.3 Å². The number of benzene rings is 3. The van der Waals surface area contributed by atoms with E-state index in [9.17, 15) is 18.0 Å². The maximum Gasteiger partial charge on any atom is 0.264 e. The fourth-order valence-electron chi connectivity index (χ4n) is 4.03. The maximum absolute atomic E-state index is 13.8. The number of anilines is 1. The van der Waals surface area contributed by atoms with Crippen molar-refractivity contribution in [3.63, 3.8) is 0 Å². The number of carbonyl (C=O) groups excluding carboxylic acids is 2. The summed E-state index contributed by atoms with van der Waals surface area (Å²) < 4.78 is 28.6. The van der Waals surface area contributed by atoms with Gasteiger partial charge in [-0.3, -0.25) is 13.9 Å². The summed E-state index contributed by atoms with van der Waals surface area (Å²) in [5.74, 6) is -0.776. The highest BCUT2D eigenvalue weighted by Crippen LogP contribution is 2.26. The Bertz CT molecular complexity index is 1270. The molecule has 0 unspecified atom stereocenters. The van der Waals surface area contributed by atoms with Gasteiger partial charge in [-0.15, -0.1) is 0 Å². The lowest BCUT2D eigenvalue weighted by Gasteiger charge is -2.32. The third-order valence-corrected chi connectivity index (χ3v) is 7.61. The van der Waals surface area contributed by atoms with Crippen LogP contribution in [0.15, 0.2) is 83.8 Å². The minimum absolute atomic E-state index is 0.0864. The number of nitrogens with zero attached hydrogens (tertiary/aromatic N) is 2. The number of amides is 2. The molecule has 0 aromatic heterocycles. The van der Waals surface area contributed by atoms with Crippen molar-refractivity contribution in [1.29, 1.82) is 0 Å². The van der Waals surface area contributed by atoms with Crippen LogP contribution in [0.3, 0.4) is 0 Å². The summed E-state index contributed by atoms with van der Waals surface area (Å²) in [5, 5.41) is 2.76. The van der Waals surface area contributed by atoms with Crippen LogP contribution < -0.4 is 9.62 Å². The van der Waals surface area contributed by atoms with Crippen LogP contribution in [0.5, 0.6) is 0 Å². The second-order valence-electron chi connectivity index (χ2n) is 8.75. The molecular formula is C28H33N3O4S. The van der Waals surface area contributed by atoms with Gasteiger partial charge >= 0.3 is 0 Å². The largest absolute Gasteiger partial charge is 0.355 e. The summed E-state index contributed by atoms with van der Waals surface area (Å²) in [6.45, 7) is 7.37. The van der Waals surface area contributed by atoms with Crippen molar-refractivity contribution in [3.05, 3.63) is 95.6 Å². The number of carbonyl (C=O) groups is 2. The molecule has 0 bridgehead atoms. The van der Waals surface area contributed by atoms with Crippen LogP contribution in [-0.4, -0.2) is 44.3 Å². The van der Waals surface area contributed by atoms with Gasteiger partial charge in [0.25, 0.3) is 10.0 Å². The fourth-order valence-corrected chi connectivity index (χ4v) is 5.45. The van der Waals surface area contributed by atoms with E-state index < -0.39 is 28.5 Å². The van der Waals surface area contributed by atoms with Gasteiger partial charge in [0.1, 0.15) is 12.6 Å². The summed E-state index contributed by atoms with van der Waals surface area (Å²) in [6, 6.07) is 22.0. The molecule has 0 aliphatic heterocycles. The Morgan fingerprint density at radius 2 is 1.44 bits per heavy atom. The molecule has 0 aliphatic rings. The number of aryl methyl sites for hydroxylation is 2. The summed E-state index contributed by atoms with van der Waals surface area (Å²) in [4.78, 5) is 28.0. The van der Waals surface area contributed by atoms with E-state index in [0.717, 1.165) is 21.0 Å². The predicted molar refractivity (Wildman–Crippen MR) is 142 cm³/mol. The maximum atomic E-state index is 13.8. The lowest BCUT2D eigenvalue weighted by atomic mass is 10.1. The predicted octanol–water partition coefficient (Wildman–Crippen LogP) is 4.05. The Labute approximate surface area is 213 Å². The first-order valence-corrected chi connectivity index (χ1v) is 13.3. The molecule has 0 radical (unpaired) electrons. The van der Waals surface area contributed by atoms with Crippen molar-refractivity contribution in [1.82, 2.24) is 10.2 Å². The second-order valence-corrected chi connectivity index (χ2v) is 10.6. The highest BCUT2D eigenvalue weighted by Gasteiger charge is 2.32. The molecule has 3 rings (SSSR count).